The number of likely N-dealkylation sites (tertiary alicyclic amines) is 2. The molecule has 5 nitrogen and oxygen atoms in total. The van der Waals surface area contributed by atoms with Crippen LogP contribution in [-0.2, 0) is 4.74 Å². The first-order valence-corrected chi connectivity index (χ1v) is 10.7. The zero-order valence-corrected chi connectivity index (χ0v) is 16.2. The molecule has 6 heteroatoms. The van der Waals surface area contributed by atoms with Crippen LogP contribution in [0.25, 0.3) is 0 Å². The first-order valence-electron chi connectivity index (χ1n) is 9.68. The maximum Gasteiger partial charge on any atom is 0.193 e. The van der Waals surface area contributed by atoms with Crippen LogP contribution in [0.2, 0.25) is 0 Å². The molecule has 0 spiro atoms. The molecule has 24 heavy (non-hydrogen) atoms. The van der Waals surface area contributed by atoms with Crippen LogP contribution in [0.1, 0.15) is 39.0 Å². The summed E-state index contributed by atoms with van der Waals surface area (Å²) in [7, 11) is 1.93. The van der Waals surface area contributed by atoms with Crippen molar-refractivity contribution in [3.8, 4) is 0 Å². The van der Waals surface area contributed by atoms with Gasteiger partial charge >= 0.3 is 0 Å². The molecule has 1 atom stereocenters. The first-order chi connectivity index (χ1) is 11.8. The fourth-order valence-corrected chi connectivity index (χ4v) is 5.58. The summed E-state index contributed by atoms with van der Waals surface area (Å²) >= 11 is 2.09. The fourth-order valence-electron chi connectivity index (χ4n) is 4.33. The average molecular weight is 355 g/mol. The van der Waals surface area contributed by atoms with Crippen LogP contribution < -0.4 is 5.32 Å². The van der Waals surface area contributed by atoms with Crippen LogP contribution in [0.4, 0.5) is 0 Å². The number of aliphatic imine (C=N–C) groups is 1. The van der Waals surface area contributed by atoms with Crippen molar-refractivity contribution in [1.29, 1.82) is 0 Å². The van der Waals surface area contributed by atoms with E-state index in [9.17, 15) is 0 Å². The van der Waals surface area contributed by atoms with Crippen LogP contribution >= 0.6 is 11.8 Å². The van der Waals surface area contributed by atoms with Gasteiger partial charge in [-0.15, -0.1) is 0 Å². The minimum Gasteiger partial charge on any atom is -0.381 e. The van der Waals surface area contributed by atoms with Crippen molar-refractivity contribution in [2.24, 2.45) is 4.99 Å². The summed E-state index contributed by atoms with van der Waals surface area (Å²) in [6.45, 7) is 9.92. The van der Waals surface area contributed by atoms with Crippen molar-refractivity contribution in [2.75, 3.05) is 58.7 Å². The highest BCUT2D eigenvalue weighted by molar-refractivity contribution is 8.00. The third kappa shape index (κ3) is 4.38. The molecule has 0 aromatic heterocycles. The number of hydrogen-bond acceptors (Lipinski definition) is 4. The highest BCUT2D eigenvalue weighted by atomic mass is 32.2. The number of thioether (sulfide) groups is 1. The lowest BCUT2D eigenvalue weighted by atomic mass is 9.99. The van der Waals surface area contributed by atoms with E-state index in [1.807, 2.05) is 7.05 Å². The summed E-state index contributed by atoms with van der Waals surface area (Å²) in [5.74, 6) is 2.26. The van der Waals surface area contributed by atoms with Crippen LogP contribution in [0.5, 0.6) is 0 Å². The minimum absolute atomic E-state index is 0.316. The van der Waals surface area contributed by atoms with E-state index in [4.69, 9.17) is 4.74 Å². The second-order valence-corrected chi connectivity index (χ2v) is 8.99. The molecular formula is C18H34N4OS. The Morgan fingerprint density at radius 2 is 2.00 bits per heavy atom. The van der Waals surface area contributed by atoms with Crippen LogP contribution in [-0.4, -0.2) is 85.3 Å². The maximum absolute atomic E-state index is 5.59. The molecule has 138 valence electrons. The standard InChI is InChI=1S/C18H34N4OS/c1-3-24-18(7-12-23-13-8-18)15-20-17(19-2)22-11-6-16(14-22)21-9-4-5-10-21/h16H,3-15H2,1-2H3,(H,19,20). The molecule has 0 bridgehead atoms. The van der Waals surface area contributed by atoms with E-state index < -0.39 is 0 Å². The number of nitrogens with one attached hydrogen (secondary N) is 1. The van der Waals surface area contributed by atoms with E-state index in [0.29, 0.717) is 4.75 Å². The van der Waals surface area contributed by atoms with Gasteiger partial charge in [-0.3, -0.25) is 9.89 Å². The lowest BCUT2D eigenvalue weighted by Gasteiger charge is -2.37. The number of ether oxygens (including phenoxy) is 1. The van der Waals surface area contributed by atoms with Crippen molar-refractivity contribution < 1.29 is 4.74 Å². The topological polar surface area (TPSA) is 40.1 Å². The number of rotatable bonds is 5. The van der Waals surface area contributed by atoms with Gasteiger partial charge in [0.05, 0.1) is 0 Å². The summed E-state index contributed by atoms with van der Waals surface area (Å²) in [6, 6.07) is 0.730. The van der Waals surface area contributed by atoms with Crippen molar-refractivity contribution in [3.05, 3.63) is 0 Å². The number of guanidine groups is 1. The van der Waals surface area contributed by atoms with Gasteiger partial charge in [0.25, 0.3) is 0 Å². The van der Waals surface area contributed by atoms with Gasteiger partial charge in [-0.1, -0.05) is 6.92 Å². The van der Waals surface area contributed by atoms with Gasteiger partial charge in [-0.2, -0.15) is 11.8 Å². The SMILES string of the molecule is CCSC1(CNC(=NC)N2CCC(N3CCCC3)C2)CCOCC1. The molecule has 3 aliphatic heterocycles. The third-order valence-corrected chi connectivity index (χ3v) is 7.21. The van der Waals surface area contributed by atoms with Crippen molar-refractivity contribution in [1.82, 2.24) is 15.1 Å². The molecule has 0 aliphatic carbocycles. The Bertz CT molecular complexity index is 414. The molecule has 0 aromatic carbocycles. The van der Waals surface area contributed by atoms with E-state index in [1.54, 1.807) is 0 Å². The first kappa shape index (κ1) is 18.3. The quantitative estimate of drug-likeness (QED) is 0.604. The van der Waals surface area contributed by atoms with Gasteiger partial charge in [-0.05, 0) is 50.9 Å². The van der Waals surface area contributed by atoms with E-state index in [0.717, 1.165) is 57.7 Å². The van der Waals surface area contributed by atoms with E-state index in [2.05, 4.69) is 38.8 Å². The summed E-state index contributed by atoms with van der Waals surface area (Å²) < 4.78 is 5.90. The van der Waals surface area contributed by atoms with Crippen LogP contribution in [0.3, 0.4) is 0 Å². The Morgan fingerprint density at radius 1 is 1.25 bits per heavy atom. The van der Waals surface area contributed by atoms with Gasteiger partial charge in [-0.25, -0.2) is 0 Å². The maximum atomic E-state index is 5.59. The Kier molecular flexibility index (Phi) is 6.70. The van der Waals surface area contributed by atoms with Crippen LogP contribution in [0, 0.1) is 0 Å². The van der Waals surface area contributed by atoms with E-state index >= 15 is 0 Å². The zero-order chi connectivity index (χ0) is 16.8. The lowest BCUT2D eigenvalue weighted by Crippen LogP contribution is -2.49. The summed E-state index contributed by atoms with van der Waals surface area (Å²) in [4.78, 5) is 9.72. The highest BCUT2D eigenvalue weighted by Gasteiger charge is 2.35. The van der Waals surface area contributed by atoms with Gasteiger partial charge in [0.15, 0.2) is 5.96 Å². The Hall–Kier alpha value is -0.460. The summed E-state index contributed by atoms with van der Waals surface area (Å²) in [5, 5.41) is 3.70. The Labute approximate surface area is 151 Å². The van der Waals surface area contributed by atoms with Gasteiger partial charge in [0, 0.05) is 50.7 Å². The normalized spacial score (nSPS) is 28.5. The van der Waals surface area contributed by atoms with E-state index in [1.165, 1.54) is 38.1 Å². The molecule has 1 unspecified atom stereocenters. The molecule has 0 saturated carbocycles. The second-order valence-electron chi connectivity index (χ2n) is 7.26. The van der Waals surface area contributed by atoms with E-state index in [-0.39, 0.29) is 0 Å². The van der Waals surface area contributed by atoms with Gasteiger partial charge in [0.2, 0.25) is 0 Å². The zero-order valence-electron chi connectivity index (χ0n) is 15.4. The molecule has 0 aromatic rings. The van der Waals surface area contributed by atoms with Gasteiger partial charge in [0.1, 0.15) is 0 Å². The Balaban J connectivity index is 1.52. The number of hydrogen-bond donors (Lipinski definition) is 1. The second kappa shape index (κ2) is 8.77. The molecule has 0 amide bonds. The lowest BCUT2D eigenvalue weighted by molar-refractivity contribution is 0.0780. The summed E-state index contributed by atoms with van der Waals surface area (Å²) in [6.07, 6.45) is 6.33. The predicted molar refractivity (Wildman–Crippen MR) is 103 cm³/mol. The molecule has 1 N–H and O–H groups in total. The Morgan fingerprint density at radius 3 is 2.67 bits per heavy atom. The molecule has 3 aliphatic rings. The minimum atomic E-state index is 0.316. The van der Waals surface area contributed by atoms with Gasteiger partial charge < -0.3 is 15.0 Å². The average Bonchev–Trinajstić information content (AvgIpc) is 3.28. The highest BCUT2D eigenvalue weighted by Crippen LogP contribution is 2.34. The summed E-state index contributed by atoms with van der Waals surface area (Å²) in [5.41, 5.74) is 0. The molecule has 0 radical (unpaired) electrons. The predicted octanol–water partition coefficient (Wildman–Crippen LogP) is 2.03. The van der Waals surface area contributed by atoms with Crippen LogP contribution in [0.15, 0.2) is 4.99 Å². The molecule has 3 rings (SSSR count). The van der Waals surface area contributed by atoms with Crippen molar-refractivity contribution >= 4 is 17.7 Å². The fraction of sp³-hybridized carbons (Fsp3) is 0.944. The van der Waals surface area contributed by atoms with Crippen molar-refractivity contribution in [3.63, 3.8) is 0 Å². The monoisotopic (exact) mass is 354 g/mol. The smallest absolute Gasteiger partial charge is 0.193 e. The number of nitrogens with zero attached hydrogens (tertiary/aromatic N) is 3. The van der Waals surface area contributed by atoms with Crippen molar-refractivity contribution in [2.45, 2.75) is 49.8 Å². The largest absolute Gasteiger partial charge is 0.381 e. The molecule has 3 fully saturated rings. The molecular weight excluding hydrogens is 320 g/mol. The molecule has 3 saturated heterocycles. The molecule has 3 heterocycles. The third-order valence-electron chi connectivity index (χ3n) is 5.75.